The number of nitrogens with one attached hydrogen (secondary N) is 2. The van der Waals surface area contributed by atoms with Crippen molar-refractivity contribution in [2.45, 2.75) is 27.7 Å². The summed E-state index contributed by atoms with van der Waals surface area (Å²) in [6, 6.07) is 12.4. The maximum absolute atomic E-state index is 4.77. The van der Waals surface area contributed by atoms with E-state index in [4.69, 9.17) is 4.63 Å². The number of hydrogen-bond donors (Lipinski definition) is 2. The Kier molecular flexibility index (Phi) is 4.19. The highest BCUT2D eigenvalue weighted by Gasteiger charge is 2.15. The van der Waals surface area contributed by atoms with E-state index in [2.05, 4.69) is 82.9 Å². The number of hydrogen-bond acceptors (Lipinski definition) is 7. The first-order valence-corrected chi connectivity index (χ1v) is 8.68. The Hall–Kier alpha value is -3.48. The Morgan fingerprint density at radius 1 is 0.667 bits per heavy atom. The topological polar surface area (TPSA) is 88.8 Å². The summed E-state index contributed by atoms with van der Waals surface area (Å²) in [7, 11) is 0. The highest BCUT2D eigenvalue weighted by atomic mass is 16.6. The van der Waals surface area contributed by atoms with Crippen molar-refractivity contribution in [3.05, 3.63) is 58.7 Å². The highest BCUT2D eigenvalue weighted by Crippen LogP contribution is 2.29. The van der Waals surface area contributed by atoms with Crippen LogP contribution in [0.4, 0.5) is 23.0 Å². The Morgan fingerprint density at radius 2 is 1.11 bits per heavy atom. The van der Waals surface area contributed by atoms with Crippen molar-refractivity contribution in [3.8, 4) is 0 Å². The van der Waals surface area contributed by atoms with Crippen molar-refractivity contribution in [1.82, 2.24) is 20.3 Å². The molecule has 0 unspecified atom stereocenters. The number of nitrogens with zero attached hydrogens (tertiary/aromatic N) is 4. The van der Waals surface area contributed by atoms with E-state index in [1.165, 1.54) is 11.1 Å². The molecule has 2 heterocycles. The van der Waals surface area contributed by atoms with Gasteiger partial charge in [0.25, 0.3) is 0 Å². The molecule has 0 aliphatic carbocycles. The first-order chi connectivity index (χ1) is 13.0. The first kappa shape index (κ1) is 17.0. The molecule has 4 aromatic rings. The van der Waals surface area contributed by atoms with Crippen LogP contribution in [0.5, 0.6) is 0 Å². The molecule has 27 heavy (non-hydrogen) atoms. The van der Waals surface area contributed by atoms with Crippen LogP contribution in [0.15, 0.2) is 41.0 Å². The van der Waals surface area contributed by atoms with Gasteiger partial charge in [-0.2, -0.15) is 0 Å². The molecule has 0 saturated carbocycles. The van der Waals surface area contributed by atoms with Crippen LogP contribution >= 0.6 is 0 Å². The number of aryl methyl sites for hydroxylation is 4. The molecule has 4 rings (SSSR count). The first-order valence-electron chi connectivity index (χ1n) is 8.68. The van der Waals surface area contributed by atoms with Crippen LogP contribution in [0, 0.1) is 27.7 Å². The molecule has 2 aromatic carbocycles. The molecule has 2 aromatic heterocycles. The number of fused-ring (bicyclic) bond motifs is 1. The van der Waals surface area contributed by atoms with Crippen molar-refractivity contribution in [3.63, 3.8) is 0 Å². The summed E-state index contributed by atoms with van der Waals surface area (Å²) in [5.74, 6) is 1.12. The van der Waals surface area contributed by atoms with Crippen LogP contribution in [0.1, 0.15) is 22.3 Å². The van der Waals surface area contributed by atoms with Gasteiger partial charge >= 0.3 is 0 Å². The minimum absolute atomic E-state index is 0.355. The minimum Gasteiger partial charge on any atom is -0.337 e. The van der Waals surface area contributed by atoms with Crippen LogP contribution < -0.4 is 10.6 Å². The van der Waals surface area contributed by atoms with Crippen molar-refractivity contribution in [1.29, 1.82) is 0 Å². The zero-order valence-corrected chi connectivity index (χ0v) is 15.7. The van der Waals surface area contributed by atoms with E-state index in [-0.39, 0.29) is 0 Å². The van der Waals surface area contributed by atoms with E-state index >= 15 is 0 Å². The molecule has 0 radical (unpaired) electrons. The normalized spacial score (nSPS) is 11.0. The molecule has 0 amide bonds. The molecule has 0 spiro atoms. The standard InChI is InChI=1S/C20H20N6O/c1-11-5-7-15(13(3)9-11)21-17-18(24-20-19(23-17)25-27-26-20)22-16-8-6-12(2)10-14(16)4/h5-10H,1-4H3,(H,21,23,25)(H,22,24,26). The number of aromatic nitrogens is 4. The minimum atomic E-state index is 0.355. The van der Waals surface area contributed by atoms with Crippen molar-refractivity contribution < 1.29 is 4.63 Å². The summed E-state index contributed by atoms with van der Waals surface area (Å²) in [4.78, 5) is 9.07. The monoisotopic (exact) mass is 360 g/mol. The van der Waals surface area contributed by atoms with Crippen molar-refractivity contribution in [2.24, 2.45) is 0 Å². The average molecular weight is 360 g/mol. The molecule has 7 nitrogen and oxygen atoms in total. The van der Waals surface area contributed by atoms with Crippen LogP contribution in [0.2, 0.25) is 0 Å². The van der Waals surface area contributed by atoms with Crippen molar-refractivity contribution >= 4 is 34.3 Å². The lowest BCUT2D eigenvalue weighted by molar-refractivity contribution is 0.314. The molecule has 136 valence electrons. The highest BCUT2D eigenvalue weighted by molar-refractivity contribution is 5.80. The Balaban J connectivity index is 1.77. The Bertz CT molecular complexity index is 1050. The zero-order chi connectivity index (χ0) is 19.0. The van der Waals surface area contributed by atoms with Gasteiger partial charge < -0.3 is 10.6 Å². The molecule has 0 aliphatic heterocycles. The molecular formula is C20H20N6O. The summed E-state index contributed by atoms with van der Waals surface area (Å²) in [5.41, 5.74) is 7.26. The largest absolute Gasteiger partial charge is 0.337 e. The fraction of sp³-hybridized carbons (Fsp3) is 0.200. The summed E-state index contributed by atoms with van der Waals surface area (Å²) in [6.07, 6.45) is 0. The van der Waals surface area contributed by atoms with Gasteiger partial charge in [-0.05, 0) is 61.3 Å². The van der Waals surface area contributed by atoms with Gasteiger partial charge in [0, 0.05) is 11.4 Å². The van der Waals surface area contributed by atoms with Gasteiger partial charge in [-0.1, -0.05) is 35.4 Å². The number of anilines is 4. The molecule has 0 fully saturated rings. The second-order valence-electron chi connectivity index (χ2n) is 6.72. The molecule has 7 heteroatoms. The van der Waals surface area contributed by atoms with Crippen LogP contribution in [0.3, 0.4) is 0 Å². The fourth-order valence-electron chi connectivity index (χ4n) is 2.98. The van der Waals surface area contributed by atoms with E-state index in [0.29, 0.717) is 22.9 Å². The van der Waals surface area contributed by atoms with Crippen LogP contribution in [0.25, 0.3) is 11.3 Å². The second kappa shape index (κ2) is 6.68. The van der Waals surface area contributed by atoms with Gasteiger partial charge in [0.1, 0.15) is 0 Å². The predicted molar refractivity (Wildman–Crippen MR) is 106 cm³/mol. The maximum atomic E-state index is 4.77. The van der Waals surface area contributed by atoms with Gasteiger partial charge in [0.15, 0.2) is 11.6 Å². The van der Waals surface area contributed by atoms with Crippen LogP contribution in [-0.4, -0.2) is 20.3 Å². The van der Waals surface area contributed by atoms with E-state index in [0.717, 1.165) is 22.5 Å². The quantitative estimate of drug-likeness (QED) is 0.543. The SMILES string of the molecule is Cc1ccc(Nc2nc3nonc3nc2Nc2ccc(C)cc2C)c(C)c1. The summed E-state index contributed by atoms with van der Waals surface area (Å²) >= 11 is 0. The molecule has 0 atom stereocenters. The molecule has 0 saturated heterocycles. The van der Waals surface area contributed by atoms with E-state index in [1.54, 1.807) is 0 Å². The van der Waals surface area contributed by atoms with E-state index in [9.17, 15) is 0 Å². The fourth-order valence-corrected chi connectivity index (χ4v) is 2.98. The lowest BCUT2D eigenvalue weighted by Crippen LogP contribution is -2.05. The molecule has 0 bridgehead atoms. The molecule has 0 aliphatic rings. The third-order valence-electron chi connectivity index (χ3n) is 4.38. The average Bonchev–Trinajstić information content (AvgIpc) is 3.07. The maximum Gasteiger partial charge on any atom is 0.245 e. The smallest absolute Gasteiger partial charge is 0.245 e. The molecule has 2 N–H and O–H groups in total. The summed E-state index contributed by atoms with van der Waals surface area (Å²) in [5, 5.41) is 14.3. The van der Waals surface area contributed by atoms with Gasteiger partial charge in [0.2, 0.25) is 11.3 Å². The summed E-state index contributed by atoms with van der Waals surface area (Å²) < 4.78 is 4.77. The Morgan fingerprint density at radius 3 is 1.52 bits per heavy atom. The van der Waals surface area contributed by atoms with E-state index in [1.807, 2.05) is 12.1 Å². The number of benzene rings is 2. The second-order valence-corrected chi connectivity index (χ2v) is 6.72. The predicted octanol–water partition coefficient (Wildman–Crippen LogP) is 4.73. The zero-order valence-electron chi connectivity index (χ0n) is 15.7. The van der Waals surface area contributed by atoms with Gasteiger partial charge in [-0.3, -0.25) is 0 Å². The number of rotatable bonds is 4. The van der Waals surface area contributed by atoms with Crippen molar-refractivity contribution in [2.75, 3.05) is 10.6 Å². The lowest BCUT2D eigenvalue weighted by Gasteiger charge is -2.15. The van der Waals surface area contributed by atoms with Crippen LogP contribution in [-0.2, 0) is 0 Å². The third-order valence-corrected chi connectivity index (χ3v) is 4.38. The van der Waals surface area contributed by atoms with Gasteiger partial charge in [-0.15, -0.1) is 0 Å². The Labute approximate surface area is 156 Å². The van der Waals surface area contributed by atoms with Gasteiger partial charge in [0.05, 0.1) is 0 Å². The van der Waals surface area contributed by atoms with Gasteiger partial charge in [-0.25, -0.2) is 14.6 Å². The third kappa shape index (κ3) is 3.44. The summed E-state index contributed by atoms with van der Waals surface area (Å²) in [6.45, 7) is 8.24. The lowest BCUT2D eigenvalue weighted by atomic mass is 10.1. The van der Waals surface area contributed by atoms with E-state index < -0.39 is 0 Å². The molecular weight excluding hydrogens is 340 g/mol.